The molecule has 0 unspecified atom stereocenters. The lowest BCUT2D eigenvalue weighted by Gasteiger charge is -2.11. The van der Waals surface area contributed by atoms with E-state index in [0.717, 1.165) is 11.3 Å². The molecule has 2 heterocycles. The molecule has 0 saturated carbocycles. The van der Waals surface area contributed by atoms with Gasteiger partial charge in [-0.25, -0.2) is 8.42 Å². The Kier molecular flexibility index (Phi) is 3.57. The quantitative estimate of drug-likeness (QED) is 0.866. The fourth-order valence-corrected chi connectivity index (χ4v) is 4.62. The Morgan fingerprint density at radius 1 is 1.27 bits per heavy atom. The number of carbonyl (C=O) groups is 1. The average molecular weight is 339 g/mol. The zero-order valence-electron chi connectivity index (χ0n) is 11.9. The van der Waals surface area contributed by atoms with Gasteiger partial charge in [-0.1, -0.05) is 0 Å². The molecule has 22 heavy (non-hydrogen) atoms. The Bertz CT molecular complexity index is 854. The maximum atomic E-state index is 12.5. The SMILES string of the molecule is CC(=O)c1sccc1S(=O)(=O)Nc1cc2c(cc1C)OCO2. The van der Waals surface area contributed by atoms with Gasteiger partial charge in [0.2, 0.25) is 6.79 Å². The molecule has 0 bridgehead atoms. The molecule has 0 radical (unpaired) electrons. The monoisotopic (exact) mass is 339 g/mol. The first-order valence-electron chi connectivity index (χ1n) is 6.40. The van der Waals surface area contributed by atoms with E-state index in [1.165, 1.54) is 13.0 Å². The lowest BCUT2D eigenvalue weighted by Crippen LogP contribution is -2.15. The van der Waals surface area contributed by atoms with Gasteiger partial charge in [-0.05, 0) is 36.9 Å². The Morgan fingerprint density at radius 3 is 2.64 bits per heavy atom. The number of anilines is 1. The number of benzene rings is 1. The predicted molar refractivity (Wildman–Crippen MR) is 82.4 cm³/mol. The molecule has 1 N–H and O–H groups in total. The summed E-state index contributed by atoms with van der Waals surface area (Å²) >= 11 is 1.11. The van der Waals surface area contributed by atoms with Gasteiger partial charge in [0, 0.05) is 6.07 Å². The first-order chi connectivity index (χ1) is 10.4. The Hall–Kier alpha value is -2.06. The van der Waals surface area contributed by atoms with Crippen LogP contribution in [0.2, 0.25) is 0 Å². The number of rotatable bonds is 4. The van der Waals surface area contributed by atoms with Crippen molar-refractivity contribution in [3.05, 3.63) is 34.0 Å². The van der Waals surface area contributed by atoms with Crippen LogP contribution in [0.15, 0.2) is 28.5 Å². The normalized spacial score (nSPS) is 13.2. The number of ether oxygens (including phenoxy) is 2. The molecule has 0 fully saturated rings. The van der Waals surface area contributed by atoms with Crippen molar-refractivity contribution >= 4 is 32.8 Å². The van der Waals surface area contributed by atoms with Crippen molar-refractivity contribution in [3.8, 4) is 11.5 Å². The lowest BCUT2D eigenvalue weighted by atomic mass is 10.2. The maximum Gasteiger partial charge on any atom is 0.263 e. The second-order valence-electron chi connectivity index (χ2n) is 4.80. The topological polar surface area (TPSA) is 81.7 Å². The minimum Gasteiger partial charge on any atom is -0.454 e. The van der Waals surface area contributed by atoms with E-state index in [1.807, 2.05) is 0 Å². The van der Waals surface area contributed by atoms with Crippen molar-refractivity contribution in [2.75, 3.05) is 11.5 Å². The molecular formula is C14H13NO5S2. The molecule has 1 aromatic carbocycles. The summed E-state index contributed by atoms with van der Waals surface area (Å²) in [6, 6.07) is 4.71. The van der Waals surface area contributed by atoms with Crippen molar-refractivity contribution < 1.29 is 22.7 Å². The second kappa shape index (κ2) is 5.29. The molecule has 0 aliphatic carbocycles. The second-order valence-corrected chi connectivity index (χ2v) is 7.36. The van der Waals surface area contributed by atoms with Gasteiger partial charge < -0.3 is 9.47 Å². The van der Waals surface area contributed by atoms with E-state index >= 15 is 0 Å². The number of aryl methyl sites for hydroxylation is 1. The number of hydrogen-bond acceptors (Lipinski definition) is 6. The van der Waals surface area contributed by atoms with Gasteiger partial charge in [0.1, 0.15) is 4.90 Å². The molecule has 1 aromatic heterocycles. The highest BCUT2D eigenvalue weighted by molar-refractivity contribution is 7.93. The highest BCUT2D eigenvalue weighted by atomic mass is 32.2. The third kappa shape index (κ3) is 2.55. The molecule has 0 atom stereocenters. The van der Waals surface area contributed by atoms with Crippen LogP contribution in [0.3, 0.4) is 0 Å². The summed E-state index contributed by atoms with van der Waals surface area (Å²) in [7, 11) is -3.84. The summed E-state index contributed by atoms with van der Waals surface area (Å²) in [4.78, 5) is 11.7. The van der Waals surface area contributed by atoms with Crippen molar-refractivity contribution in [1.82, 2.24) is 0 Å². The van der Waals surface area contributed by atoms with Crippen molar-refractivity contribution in [2.24, 2.45) is 0 Å². The van der Waals surface area contributed by atoms with Gasteiger partial charge in [-0.15, -0.1) is 11.3 Å². The van der Waals surface area contributed by atoms with E-state index in [9.17, 15) is 13.2 Å². The largest absolute Gasteiger partial charge is 0.454 e. The highest BCUT2D eigenvalue weighted by Gasteiger charge is 2.24. The zero-order valence-corrected chi connectivity index (χ0v) is 13.5. The van der Waals surface area contributed by atoms with E-state index in [0.29, 0.717) is 22.7 Å². The Balaban J connectivity index is 1.99. The van der Waals surface area contributed by atoms with Crippen LogP contribution in [0.1, 0.15) is 22.2 Å². The van der Waals surface area contributed by atoms with Crippen LogP contribution in [-0.4, -0.2) is 21.0 Å². The van der Waals surface area contributed by atoms with Gasteiger partial charge in [-0.3, -0.25) is 9.52 Å². The lowest BCUT2D eigenvalue weighted by molar-refractivity contribution is 0.101. The van der Waals surface area contributed by atoms with Crippen LogP contribution in [-0.2, 0) is 10.0 Å². The molecule has 1 aliphatic heterocycles. The molecule has 116 valence electrons. The predicted octanol–water partition coefficient (Wildman–Crippen LogP) is 2.79. The molecule has 2 aromatic rings. The minimum atomic E-state index is -3.84. The van der Waals surface area contributed by atoms with Gasteiger partial charge in [-0.2, -0.15) is 0 Å². The smallest absolute Gasteiger partial charge is 0.263 e. The molecule has 3 rings (SSSR count). The van der Waals surface area contributed by atoms with E-state index in [-0.39, 0.29) is 22.3 Å². The number of nitrogens with one attached hydrogen (secondary N) is 1. The van der Waals surface area contributed by atoms with Crippen molar-refractivity contribution in [3.63, 3.8) is 0 Å². The number of hydrogen-bond donors (Lipinski definition) is 1. The third-order valence-electron chi connectivity index (χ3n) is 3.20. The van der Waals surface area contributed by atoms with Gasteiger partial charge in [0.25, 0.3) is 10.0 Å². The van der Waals surface area contributed by atoms with Crippen LogP contribution in [0.5, 0.6) is 11.5 Å². The molecule has 0 saturated heterocycles. The Labute approximate surface area is 131 Å². The fourth-order valence-electron chi connectivity index (χ4n) is 2.12. The zero-order chi connectivity index (χ0) is 15.9. The third-order valence-corrected chi connectivity index (χ3v) is 5.75. The molecule has 6 nitrogen and oxygen atoms in total. The molecular weight excluding hydrogens is 326 g/mol. The van der Waals surface area contributed by atoms with E-state index in [4.69, 9.17) is 9.47 Å². The Morgan fingerprint density at radius 2 is 1.95 bits per heavy atom. The standard InChI is InChI=1S/C14H13NO5S2/c1-8-5-11-12(20-7-19-11)6-10(8)15-22(17,18)13-3-4-21-14(13)9(2)16/h3-6,15H,7H2,1-2H3. The van der Waals surface area contributed by atoms with Crippen LogP contribution in [0.4, 0.5) is 5.69 Å². The van der Waals surface area contributed by atoms with Crippen molar-refractivity contribution in [2.45, 2.75) is 18.7 Å². The number of ketones is 1. The molecule has 1 aliphatic rings. The van der Waals surface area contributed by atoms with Crippen LogP contribution >= 0.6 is 11.3 Å². The summed E-state index contributed by atoms with van der Waals surface area (Å²) in [5.74, 6) is 0.790. The first-order valence-corrected chi connectivity index (χ1v) is 8.76. The van der Waals surface area contributed by atoms with Crippen molar-refractivity contribution in [1.29, 1.82) is 0 Å². The maximum absolute atomic E-state index is 12.5. The summed E-state index contributed by atoms with van der Waals surface area (Å²) in [5, 5.41) is 1.58. The van der Waals surface area contributed by atoms with Crippen LogP contribution < -0.4 is 14.2 Å². The minimum absolute atomic E-state index is 0.0120. The highest BCUT2D eigenvalue weighted by Crippen LogP contribution is 2.37. The summed E-state index contributed by atoms with van der Waals surface area (Å²) in [6.07, 6.45) is 0. The first kappa shape index (κ1) is 14.9. The van der Waals surface area contributed by atoms with E-state index < -0.39 is 10.0 Å². The van der Waals surface area contributed by atoms with E-state index in [2.05, 4.69) is 4.72 Å². The van der Waals surface area contributed by atoms with Crippen LogP contribution in [0.25, 0.3) is 0 Å². The van der Waals surface area contributed by atoms with E-state index in [1.54, 1.807) is 24.4 Å². The number of carbonyl (C=O) groups excluding carboxylic acids is 1. The summed E-state index contributed by atoms with van der Waals surface area (Å²) in [6.45, 7) is 3.22. The molecule has 8 heteroatoms. The van der Waals surface area contributed by atoms with Gasteiger partial charge in [0.15, 0.2) is 17.3 Å². The summed E-state index contributed by atoms with van der Waals surface area (Å²) < 4.78 is 38.0. The number of sulfonamides is 1. The fraction of sp³-hybridized carbons (Fsp3) is 0.214. The number of Topliss-reactive ketones (excluding diaryl/α,β-unsaturated/α-hetero) is 1. The molecule has 0 spiro atoms. The van der Waals surface area contributed by atoms with Gasteiger partial charge in [0.05, 0.1) is 10.6 Å². The summed E-state index contributed by atoms with van der Waals surface area (Å²) in [5.41, 5.74) is 1.09. The number of fused-ring (bicyclic) bond motifs is 1. The van der Waals surface area contributed by atoms with Gasteiger partial charge >= 0.3 is 0 Å². The average Bonchev–Trinajstić information content (AvgIpc) is 3.06. The molecule has 0 amide bonds. The van der Waals surface area contributed by atoms with Crippen LogP contribution in [0, 0.1) is 6.92 Å². The number of thiophene rings is 1.